The zero-order chi connectivity index (χ0) is 29.1. The fourth-order valence-corrected chi connectivity index (χ4v) is 10.2. The van der Waals surface area contributed by atoms with Crippen molar-refractivity contribution in [3.05, 3.63) is 87.9 Å². The quantitative estimate of drug-likeness (QED) is 0.335. The second kappa shape index (κ2) is 10.5. The van der Waals surface area contributed by atoms with E-state index in [9.17, 15) is 19.5 Å². The zero-order valence-electron chi connectivity index (χ0n) is 23.5. The van der Waals surface area contributed by atoms with Gasteiger partial charge in [-0.2, -0.15) is 0 Å². The summed E-state index contributed by atoms with van der Waals surface area (Å²) in [5, 5.41) is 9.79. The van der Waals surface area contributed by atoms with Gasteiger partial charge in [0.05, 0.1) is 24.0 Å². The average Bonchev–Trinajstić information content (AvgIpc) is 3.36. The number of nitrogens with zero attached hydrogens (tertiary/aromatic N) is 2. The Balaban J connectivity index is 1.34. The fraction of sp³-hybridized carbons (Fsp3) is 0.375. The lowest BCUT2D eigenvalue weighted by Gasteiger charge is -2.32. The van der Waals surface area contributed by atoms with E-state index in [2.05, 4.69) is 22.0 Å². The Morgan fingerprint density at radius 1 is 1.02 bits per heavy atom. The van der Waals surface area contributed by atoms with Gasteiger partial charge in [-0.15, -0.1) is 0 Å². The topological polar surface area (TPSA) is 90.3 Å². The summed E-state index contributed by atoms with van der Waals surface area (Å²) >= 11 is 3.59. The van der Waals surface area contributed by atoms with Gasteiger partial charge in [0.2, 0.25) is 5.91 Å². The van der Waals surface area contributed by atoms with Crippen molar-refractivity contribution in [2.24, 2.45) is 5.92 Å². The minimum absolute atomic E-state index is 0.0716. The van der Waals surface area contributed by atoms with Crippen molar-refractivity contribution in [1.29, 1.82) is 0 Å². The number of halogens is 1. The highest BCUT2D eigenvalue weighted by atomic mass is 79.9. The highest BCUT2D eigenvalue weighted by Crippen LogP contribution is 2.60. The van der Waals surface area contributed by atoms with Gasteiger partial charge in [-0.25, -0.2) is 0 Å². The van der Waals surface area contributed by atoms with Crippen LogP contribution in [0.25, 0.3) is 0 Å². The molecule has 6 rings (SSSR count). The maximum Gasteiger partial charge on any atom is 0.264 e. The largest absolute Gasteiger partial charge is 0.432 e. The first-order valence-corrected chi connectivity index (χ1v) is 18.0. The molecule has 2 amide bonds. The number of amides is 2. The number of hydrogen-bond acceptors (Lipinski definition) is 5. The summed E-state index contributed by atoms with van der Waals surface area (Å²) < 4.78 is 7.51. The van der Waals surface area contributed by atoms with E-state index in [4.69, 9.17) is 4.74 Å². The third-order valence-electron chi connectivity index (χ3n) is 8.98. The monoisotopic (exact) mass is 634 g/mol. The molecule has 41 heavy (non-hydrogen) atoms. The lowest BCUT2D eigenvalue weighted by atomic mass is 9.82. The zero-order valence-corrected chi connectivity index (χ0v) is 26.1. The van der Waals surface area contributed by atoms with Crippen LogP contribution < -0.4 is 9.80 Å². The predicted octanol–water partition coefficient (Wildman–Crippen LogP) is 5.79. The number of aliphatic hydroxyl groups excluding tert-OH is 1. The average molecular weight is 636 g/mol. The first-order chi connectivity index (χ1) is 19.6. The van der Waals surface area contributed by atoms with Crippen LogP contribution in [-0.4, -0.2) is 42.7 Å². The van der Waals surface area contributed by atoms with E-state index in [1.807, 2.05) is 80.7 Å². The molecular formula is C32H35BrN2O5Si. The summed E-state index contributed by atoms with van der Waals surface area (Å²) in [6, 6.07) is 21.6. The molecule has 3 aromatic carbocycles. The summed E-state index contributed by atoms with van der Waals surface area (Å²) in [7, 11) is -2.75. The van der Waals surface area contributed by atoms with Crippen LogP contribution in [0.15, 0.2) is 71.2 Å². The minimum atomic E-state index is -2.75. The van der Waals surface area contributed by atoms with Crippen LogP contribution in [0.1, 0.15) is 36.5 Å². The van der Waals surface area contributed by atoms with Crippen LogP contribution >= 0.6 is 15.9 Å². The standard InChI is InChI=1S/C32H35BrN2O5Si/c1-20-30(41(2,3)39)28(16-17-36)40-32(20)25-18-23(33)11-14-27(25)34(31(32)38)19-21-8-12-24(13-9-21)35-26-7-5-4-6-22(26)10-15-29(35)37/h4-9,11-14,18,20,28,30,36,39H,10,15-17,19H2,1-3H3/t20-,28+,30-,32+/m1/s1. The van der Waals surface area contributed by atoms with Crippen LogP contribution in [0.4, 0.5) is 17.1 Å². The summed E-state index contributed by atoms with van der Waals surface area (Å²) in [6.07, 6.45) is 1.17. The maximum absolute atomic E-state index is 14.4. The highest BCUT2D eigenvalue weighted by Gasteiger charge is 2.66. The number of aliphatic hydroxyl groups is 1. The summed E-state index contributed by atoms with van der Waals surface area (Å²) in [5.41, 5.74) is 3.94. The second-order valence-electron chi connectivity index (χ2n) is 11.9. The number of fused-ring (bicyclic) bond motifs is 3. The van der Waals surface area contributed by atoms with Crippen molar-refractivity contribution in [1.82, 2.24) is 0 Å². The molecule has 3 aromatic rings. The van der Waals surface area contributed by atoms with Gasteiger partial charge in [-0.1, -0.05) is 53.2 Å². The molecule has 0 aromatic heterocycles. The van der Waals surface area contributed by atoms with Gasteiger partial charge in [0.25, 0.3) is 5.91 Å². The van der Waals surface area contributed by atoms with E-state index in [-0.39, 0.29) is 29.9 Å². The molecule has 2 N–H and O–H groups in total. The molecule has 0 saturated carbocycles. The smallest absolute Gasteiger partial charge is 0.264 e. The van der Waals surface area contributed by atoms with E-state index in [1.165, 1.54) is 0 Å². The number of para-hydroxylation sites is 1. The molecule has 3 heterocycles. The van der Waals surface area contributed by atoms with E-state index in [0.29, 0.717) is 19.4 Å². The molecule has 9 heteroatoms. The molecule has 1 fully saturated rings. The lowest BCUT2D eigenvalue weighted by Crippen LogP contribution is -2.46. The summed E-state index contributed by atoms with van der Waals surface area (Å²) in [4.78, 5) is 42.1. The Labute approximate surface area is 250 Å². The fourth-order valence-electron chi connectivity index (χ4n) is 7.25. The number of anilines is 3. The highest BCUT2D eigenvalue weighted by molar-refractivity contribution is 9.10. The van der Waals surface area contributed by atoms with Crippen LogP contribution in [-0.2, 0) is 32.9 Å². The molecule has 0 radical (unpaired) electrons. The van der Waals surface area contributed by atoms with E-state index < -0.39 is 20.0 Å². The van der Waals surface area contributed by atoms with Gasteiger partial charge in [-0.05, 0) is 73.5 Å². The van der Waals surface area contributed by atoms with Gasteiger partial charge in [0.1, 0.15) is 0 Å². The van der Waals surface area contributed by atoms with Gasteiger partial charge in [0, 0.05) is 40.2 Å². The van der Waals surface area contributed by atoms with Gasteiger partial charge < -0.3 is 19.5 Å². The predicted molar refractivity (Wildman–Crippen MR) is 165 cm³/mol. The molecule has 0 bridgehead atoms. The Morgan fingerprint density at radius 3 is 2.46 bits per heavy atom. The Bertz CT molecular complexity index is 1510. The van der Waals surface area contributed by atoms with Crippen LogP contribution in [0, 0.1) is 5.92 Å². The van der Waals surface area contributed by atoms with E-state index >= 15 is 0 Å². The molecule has 3 aliphatic heterocycles. The van der Waals surface area contributed by atoms with Crippen molar-refractivity contribution < 1.29 is 24.2 Å². The molecule has 4 atom stereocenters. The van der Waals surface area contributed by atoms with Crippen molar-refractivity contribution in [2.45, 2.75) is 63.1 Å². The van der Waals surface area contributed by atoms with Gasteiger partial charge in [0.15, 0.2) is 13.9 Å². The minimum Gasteiger partial charge on any atom is -0.432 e. The first-order valence-electron chi connectivity index (χ1n) is 14.2. The normalized spacial score (nSPS) is 25.7. The molecule has 214 valence electrons. The Kier molecular flexibility index (Phi) is 7.23. The maximum atomic E-state index is 14.4. The summed E-state index contributed by atoms with van der Waals surface area (Å²) in [5.74, 6) is -0.350. The van der Waals surface area contributed by atoms with Crippen molar-refractivity contribution in [3.8, 4) is 0 Å². The number of carbonyl (C=O) groups excluding carboxylic acids is 2. The molecule has 1 spiro atoms. The molecule has 7 nitrogen and oxygen atoms in total. The number of aryl methyl sites for hydroxylation is 1. The van der Waals surface area contributed by atoms with E-state index in [0.717, 1.165) is 44.6 Å². The van der Waals surface area contributed by atoms with Crippen LogP contribution in [0.5, 0.6) is 0 Å². The Morgan fingerprint density at radius 2 is 1.76 bits per heavy atom. The molecule has 3 aliphatic rings. The number of benzene rings is 3. The number of ether oxygens (including phenoxy) is 1. The molecular weight excluding hydrogens is 600 g/mol. The lowest BCUT2D eigenvalue weighted by molar-refractivity contribution is -0.146. The third-order valence-corrected chi connectivity index (χ3v) is 12.0. The third kappa shape index (κ3) is 4.58. The summed E-state index contributed by atoms with van der Waals surface area (Å²) in [6.45, 7) is 6.03. The van der Waals surface area contributed by atoms with Crippen LogP contribution in [0.3, 0.4) is 0 Å². The van der Waals surface area contributed by atoms with Crippen LogP contribution in [0.2, 0.25) is 18.6 Å². The number of carbonyl (C=O) groups is 2. The molecule has 1 saturated heterocycles. The number of hydrogen-bond donors (Lipinski definition) is 2. The number of rotatable bonds is 6. The van der Waals surface area contributed by atoms with Crippen molar-refractivity contribution in [3.63, 3.8) is 0 Å². The van der Waals surface area contributed by atoms with Gasteiger partial charge >= 0.3 is 0 Å². The Hall–Kier alpha value is -2.82. The van der Waals surface area contributed by atoms with Crippen molar-refractivity contribution >= 4 is 53.1 Å². The first kappa shape index (κ1) is 28.3. The SMILES string of the molecule is C[C@@H]1[C@@H]([Si](C)(C)O)[C@H](CCO)O[C@@]12C(=O)N(Cc1ccc(N3C(=O)CCc4ccccc43)cc1)c1ccc(Br)cc12. The van der Waals surface area contributed by atoms with Crippen molar-refractivity contribution in [2.75, 3.05) is 16.4 Å². The van der Waals surface area contributed by atoms with E-state index in [1.54, 1.807) is 9.80 Å². The molecule has 0 aliphatic carbocycles. The second-order valence-corrected chi connectivity index (χ2v) is 16.8. The molecule has 0 unspecified atom stereocenters. The van der Waals surface area contributed by atoms with Gasteiger partial charge in [-0.3, -0.25) is 14.5 Å².